The molecule has 1 aliphatic rings. The lowest BCUT2D eigenvalue weighted by atomic mass is 9.92. The molecule has 1 fully saturated rings. The van der Waals surface area contributed by atoms with Crippen LogP contribution < -0.4 is 5.32 Å². The molecule has 2 heterocycles. The molecule has 3 aromatic rings. The number of amides is 3. The van der Waals surface area contributed by atoms with Crippen molar-refractivity contribution in [2.75, 3.05) is 0 Å². The fourth-order valence-electron chi connectivity index (χ4n) is 3.21. The van der Waals surface area contributed by atoms with E-state index in [0.717, 1.165) is 20.5 Å². The molecule has 4 rings (SSSR count). The first-order chi connectivity index (χ1) is 13.4. The molecule has 142 valence electrons. The van der Waals surface area contributed by atoms with Gasteiger partial charge in [0.1, 0.15) is 11.8 Å². The van der Waals surface area contributed by atoms with Crippen molar-refractivity contribution in [3.63, 3.8) is 0 Å². The van der Waals surface area contributed by atoms with E-state index in [0.29, 0.717) is 17.1 Å². The smallest absolute Gasteiger partial charge is 0.325 e. The predicted molar refractivity (Wildman–Crippen MR) is 107 cm³/mol. The highest BCUT2D eigenvalue weighted by molar-refractivity contribution is 9.10. The summed E-state index contributed by atoms with van der Waals surface area (Å²) in [4.78, 5) is 31.1. The number of nitrogens with zero attached hydrogens (tertiary/aromatic N) is 2. The van der Waals surface area contributed by atoms with E-state index >= 15 is 0 Å². The number of carbonyl (C=O) groups excluding carboxylic acids is 2. The first kappa shape index (κ1) is 18.4. The summed E-state index contributed by atoms with van der Waals surface area (Å²) in [5, 5.41) is 2.80. The maximum Gasteiger partial charge on any atom is 0.325 e. The molecule has 0 saturated carbocycles. The quantitative estimate of drug-likeness (QED) is 0.611. The average Bonchev–Trinajstić information content (AvgIpc) is 3.22. The van der Waals surface area contributed by atoms with Gasteiger partial charge in [-0.05, 0) is 43.7 Å². The van der Waals surface area contributed by atoms with Crippen LogP contribution in [0.1, 0.15) is 23.7 Å². The van der Waals surface area contributed by atoms with Gasteiger partial charge in [-0.3, -0.25) is 9.69 Å². The number of urea groups is 1. The highest BCUT2D eigenvalue weighted by atomic mass is 79.9. The zero-order chi connectivity index (χ0) is 19.9. The summed E-state index contributed by atoms with van der Waals surface area (Å²) in [6.07, 6.45) is 1.48. The lowest BCUT2D eigenvalue weighted by molar-refractivity contribution is -0.131. The van der Waals surface area contributed by atoms with Gasteiger partial charge in [0.2, 0.25) is 5.89 Å². The van der Waals surface area contributed by atoms with Crippen molar-refractivity contribution in [3.8, 4) is 11.5 Å². The molecule has 1 aliphatic heterocycles. The van der Waals surface area contributed by atoms with E-state index in [1.807, 2.05) is 55.5 Å². The minimum absolute atomic E-state index is 0.0453. The second-order valence-corrected chi connectivity index (χ2v) is 7.88. The largest absolute Gasteiger partial charge is 0.444 e. The monoisotopic (exact) mass is 439 g/mol. The standard InChI is InChI=1S/C21H18BrN3O3/c1-13-6-8-14(9-7-13)18-23-17(12-28-18)11-25-19(26)21(2,24-20(25)27)15-4-3-5-16(22)10-15/h3-10,12H,11H2,1-2H3,(H,24,27). The number of benzene rings is 2. The third-order valence-corrected chi connectivity index (χ3v) is 5.34. The summed E-state index contributed by atoms with van der Waals surface area (Å²) >= 11 is 3.41. The Balaban J connectivity index is 1.56. The number of aromatic nitrogens is 1. The number of hydrogen-bond donors (Lipinski definition) is 1. The molecule has 3 amide bonds. The topological polar surface area (TPSA) is 75.4 Å². The average molecular weight is 440 g/mol. The lowest BCUT2D eigenvalue weighted by Gasteiger charge is -2.22. The second-order valence-electron chi connectivity index (χ2n) is 6.97. The van der Waals surface area contributed by atoms with Crippen LogP contribution in [0.5, 0.6) is 0 Å². The molecular weight excluding hydrogens is 422 g/mol. The van der Waals surface area contributed by atoms with E-state index in [4.69, 9.17) is 4.42 Å². The van der Waals surface area contributed by atoms with Gasteiger partial charge >= 0.3 is 6.03 Å². The summed E-state index contributed by atoms with van der Waals surface area (Å²) in [5.41, 5.74) is 2.08. The Labute approximate surface area is 170 Å². The lowest BCUT2D eigenvalue weighted by Crippen LogP contribution is -2.40. The second kappa shape index (κ2) is 6.91. The van der Waals surface area contributed by atoms with E-state index in [1.165, 1.54) is 6.26 Å². The molecule has 2 aromatic carbocycles. The maximum atomic E-state index is 13.0. The summed E-state index contributed by atoms with van der Waals surface area (Å²) in [6, 6.07) is 14.7. The first-order valence-corrected chi connectivity index (χ1v) is 9.58. The number of oxazole rings is 1. The molecule has 7 heteroatoms. The van der Waals surface area contributed by atoms with Crippen LogP contribution in [0.4, 0.5) is 4.79 Å². The van der Waals surface area contributed by atoms with Crippen molar-refractivity contribution in [1.82, 2.24) is 15.2 Å². The minimum atomic E-state index is -1.12. The maximum absolute atomic E-state index is 13.0. The fourth-order valence-corrected chi connectivity index (χ4v) is 3.61. The van der Waals surface area contributed by atoms with E-state index in [1.54, 1.807) is 6.92 Å². The van der Waals surface area contributed by atoms with Crippen LogP contribution in [0.25, 0.3) is 11.5 Å². The molecule has 0 radical (unpaired) electrons. The van der Waals surface area contributed by atoms with Gasteiger partial charge in [0, 0.05) is 10.0 Å². The Morgan fingerprint density at radius 3 is 2.64 bits per heavy atom. The summed E-state index contributed by atoms with van der Waals surface area (Å²) in [6.45, 7) is 3.75. The molecule has 28 heavy (non-hydrogen) atoms. The number of halogens is 1. The van der Waals surface area contributed by atoms with Gasteiger partial charge in [-0.15, -0.1) is 0 Å². The molecule has 0 aliphatic carbocycles. The van der Waals surface area contributed by atoms with Gasteiger partial charge < -0.3 is 9.73 Å². The molecule has 1 atom stereocenters. The van der Waals surface area contributed by atoms with Crippen molar-refractivity contribution in [2.24, 2.45) is 0 Å². The summed E-state index contributed by atoms with van der Waals surface area (Å²) < 4.78 is 6.38. The van der Waals surface area contributed by atoms with Gasteiger partial charge in [-0.1, -0.05) is 45.8 Å². The molecule has 1 aromatic heterocycles. The Morgan fingerprint density at radius 2 is 1.93 bits per heavy atom. The van der Waals surface area contributed by atoms with Crippen molar-refractivity contribution in [2.45, 2.75) is 25.9 Å². The van der Waals surface area contributed by atoms with Crippen LogP contribution in [0.3, 0.4) is 0 Å². The zero-order valence-corrected chi connectivity index (χ0v) is 17.0. The number of carbonyl (C=O) groups is 2. The molecular formula is C21H18BrN3O3. The third-order valence-electron chi connectivity index (χ3n) is 4.85. The fraction of sp³-hybridized carbons (Fsp3) is 0.190. The predicted octanol–water partition coefficient (Wildman–Crippen LogP) is 4.38. The normalized spacial score (nSPS) is 19.2. The van der Waals surface area contributed by atoms with E-state index < -0.39 is 11.6 Å². The molecule has 1 unspecified atom stereocenters. The van der Waals surface area contributed by atoms with Gasteiger partial charge in [0.15, 0.2) is 0 Å². The van der Waals surface area contributed by atoms with Crippen LogP contribution >= 0.6 is 15.9 Å². The van der Waals surface area contributed by atoms with E-state index in [9.17, 15) is 9.59 Å². The molecule has 1 saturated heterocycles. The van der Waals surface area contributed by atoms with Gasteiger partial charge in [0.25, 0.3) is 5.91 Å². The van der Waals surface area contributed by atoms with Crippen LogP contribution in [-0.2, 0) is 16.9 Å². The minimum Gasteiger partial charge on any atom is -0.444 e. The van der Waals surface area contributed by atoms with Crippen LogP contribution in [0.2, 0.25) is 0 Å². The first-order valence-electron chi connectivity index (χ1n) is 8.78. The molecule has 6 nitrogen and oxygen atoms in total. The van der Waals surface area contributed by atoms with E-state index in [2.05, 4.69) is 26.2 Å². The highest BCUT2D eigenvalue weighted by Crippen LogP contribution is 2.31. The summed E-state index contributed by atoms with van der Waals surface area (Å²) in [5.74, 6) is 0.132. The number of rotatable bonds is 4. The van der Waals surface area contributed by atoms with Crippen LogP contribution in [-0.4, -0.2) is 21.8 Å². The SMILES string of the molecule is Cc1ccc(-c2nc(CN3C(=O)NC(C)(c4cccc(Br)c4)C3=O)co2)cc1. The zero-order valence-electron chi connectivity index (χ0n) is 15.4. The molecule has 1 N–H and O–H groups in total. The van der Waals surface area contributed by atoms with Crippen molar-refractivity contribution in [3.05, 3.63) is 76.1 Å². The molecule has 0 spiro atoms. The Morgan fingerprint density at radius 1 is 1.18 bits per heavy atom. The third kappa shape index (κ3) is 3.22. The summed E-state index contributed by atoms with van der Waals surface area (Å²) in [7, 11) is 0. The van der Waals surface area contributed by atoms with Crippen molar-refractivity contribution < 1.29 is 14.0 Å². The molecule has 0 bridgehead atoms. The Bertz CT molecular complexity index is 1060. The highest BCUT2D eigenvalue weighted by Gasteiger charge is 2.49. The van der Waals surface area contributed by atoms with Crippen molar-refractivity contribution >= 4 is 27.9 Å². The van der Waals surface area contributed by atoms with Crippen molar-refractivity contribution in [1.29, 1.82) is 0 Å². The van der Waals surface area contributed by atoms with E-state index in [-0.39, 0.29) is 12.5 Å². The Kier molecular flexibility index (Phi) is 4.55. The van der Waals surface area contributed by atoms with Gasteiger partial charge in [0.05, 0.1) is 12.2 Å². The van der Waals surface area contributed by atoms with Crippen LogP contribution in [0.15, 0.2) is 63.7 Å². The number of nitrogens with one attached hydrogen (secondary N) is 1. The van der Waals surface area contributed by atoms with Gasteiger partial charge in [-0.25, -0.2) is 9.78 Å². The number of aryl methyl sites for hydroxylation is 1. The van der Waals surface area contributed by atoms with Crippen LogP contribution in [0, 0.1) is 6.92 Å². The number of imide groups is 1. The van der Waals surface area contributed by atoms with Gasteiger partial charge in [-0.2, -0.15) is 0 Å². The Hall–Kier alpha value is -2.93. The number of hydrogen-bond acceptors (Lipinski definition) is 4.